The van der Waals surface area contributed by atoms with Gasteiger partial charge in [0.2, 0.25) is 0 Å². The summed E-state index contributed by atoms with van der Waals surface area (Å²) in [6.45, 7) is 3.94. The van der Waals surface area contributed by atoms with E-state index in [9.17, 15) is 4.79 Å². The fourth-order valence-corrected chi connectivity index (χ4v) is 2.78. The molecule has 1 aliphatic rings. The van der Waals surface area contributed by atoms with Gasteiger partial charge in [-0.3, -0.25) is 0 Å². The van der Waals surface area contributed by atoms with Crippen LogP contribution in [0.15, 0.2) is 12.3 Å². The molecule has 98 valence electrons. The lowest BCUT2D eigenvalue weighted by Crippen LogP contribution is -2.34. The van der Waals surface area contributed by atoms with Gasteiger partial charge in [0.05, 0.1) is 17.9 Å². The van der Waals surface area contributed by atoms with E-state index in [1.165, 1.54) is 0 Å². The van der Waals surface area contributed by atoms with Crippen LogP contribution in [0.25, 0.3) is 0 Å². The molecule has 0 radical (unpaired) electrons. The molecule has 1 aromatic rings. The highest BCUT2D eigenvalue weighted by Gasteiger charge is 2.20. The number of carbonyl (C=O) groups is 1. The smallest absolute Gasteiger partial charge is 0.340 e. The molecule has 0 saturated carbocycles. The normalized spacial score (nSPS) is 15.5. The van der Waals surface area contributed by atoms with Crippen molar-refractivity contribution >= 4 is 29.2 Å². The van der Waals surface area contributed by atoms with Crippen molar-refractivity contribution in [2.75, 3.05) is 41.8 Å². The molecular formula is C12H17N3O2S. The number of aromatic nitrogens is 1. The first-order valence-electron chi connectivity index (χ1n) is 5.98. The van der Waals surface area contributed by atoms with E-state index in [1.54, 1.807) is 19.2 Å². The first-order valence-corrected chi connectivity index (χ1v) is 7.13. The fourth-order valence-electron chi connectivity index (χ4n) is 1.88. The van der Waals surface area contributed by atoms with E-state index in [1.807, 2.05) is 11.8 Å². The average Bonchev–Trinajstić information content (AvgIpc) is 2.40. The zero-order valence-electron chi connectivity index (χ0n) is 10.4. The summed E-state index contributed by atoms with van der Waals surface area (Å²) >= 11 is 1.92. The third kappa shape index (κ3) is 2.69. The lowest BCUT2D eigenvalue weighted by molar-refractivity contribution is 0.0527. The Labute approximate surface area is 111 Å². The number of esters is 1. The van der Waals surface area contributed by atoms with Gasteiger partial charge in [0.1, 0.15) is 0 Å². The van der Waals surface area contributed by atoms with Crippen LogP contribution >= 0.6 is 11.8 Å². The van der Waals surface area contributed by atoms with E-state index >= 15 is 0 Å². The van der Waals surface area contributed by atoms with Crippen LogP contribution in [0.5, 0.6) is 0 Å². The number of nitrogens with zero attached hydrogens (tertiary/aromatic N) is 2. The minimum Gasteiger partial charge on any atom is -0.462 e. The van der Waals surface area contributed by atoms with Crippen molar-refractivity contribution in [1.29, 1.82) is 0 Å². The van der Waals surface area contributed by atoms with E-state index in [0.29, 0.717) is 23.7 Å². The monoisotopic (exact) mass is 267 g/mol. The van der Waals surface area contributed by atoms with Crippen LogP contribution in [0.2, 0.25) is 0 Å². The topological polar surface area (TPSA) is 68.5 Å². The summed E-state index contributed by atoms with van der Waals surface area (Å²) in [4.78, 5) is 18.2. The third-order valence-corrected chi connectivity index (χ3v) is 3.72. The van der Waals surface area contributed by atoms with Gasteiger partial charge in [-0.15, -0.1) is 0 Å². The molecule has 1 saturated heterocycles. The van der Waals surface area contributed by atoms with Gasteiger partial charge in [-0.2, -0.15) is 11.8 Å². The van der Waals surface area contributed by atoms with Crippen molar-refractivity contribution in [2.45, 2.75) is 6.92 Å². The van der Waals surface area contributed by atoms with Crippen LogP contribution < -0.4 is 10.6 Å². The van der Waals surface area contributed by atoms with Crippen molar-refractivity contribution in [3.8, 4) is 0 Å². The van der Waals surface area contributed by atoms with Crippen LogP contribution in [-0.2, 0) is 4.74 Å². The molecule has 2 N–H and O–H groups in total. The number of ether oxygens (including phenoxy) is 1. The number of anilines is 2. The van der Waals surface area contributed by atoms with E-state index in [4.69, 9.17) is 10.5 Å². The summed E-state index contributed by atoms with van der Waals surface area (Å²) in [6, 6.07) is 1.61. The zero-order chi connectivity index (χ0) is 13.0. The Bertz CT molecular complexity index is 433. The van der Waals surface area contributed by atoms with Crippen molar-refractivity contribution in [2.24, 2.45) is 0 Å². The summed E-state index contributed by atoms with van der Waals surface area (Å²) in [6.07, 6.45) is 1.61. The summed E-state index contributed by atoms with van der Waals surface area (Å²) in [5.74, 6) is 2.43. The first kappa shape index (κ1) is 13.0. The number of pyridine rings is 1. The maximum Gasteiger partial charge on any atom is 0.340 e. The number of thioether (sulfide) groups is 1. The SMILES string of the molecule is CCOC(=O)c1ccnc(N2CCSCC2)c1N. The number of nitrogens with two attached hydrogens (primary N) is 1. The molecule has 0 spiro atoms. The Morgan fingerprint density at radius 1 is 1.56 bits per heavy atom. The lowest BCUT2D eigenvalue weighted by Gasteiger charge is -2.28. The average molecular weight is 267 g/mol. The highest BCUT2D eigenvalue weighted by Crippen LogP contribution is 2.26. The van der Waals surface area contributed by atoms with E-state index in [2.05, 4.69) is 9.88 Å². The molecule has 0 bridgehead atoms. The summed E-state index contributed by atoms with van der Waals surface area (Å²) < 4.78 is 4.98. The van der Waals surface area contributed by atoms with Crippen LogP contribution in [0.4, 0.5) is 11.5 Å². The number of hydrogen-bond acceptors (Lipinski definition) is 6. The van der Waals surface area contributed by atoms with Gasteiger partial charge in [-0.05, 0) is 13.0 Å². The second kappa shape index (κ2) is 5.95. The molecule has 0 atom stereocenters. The van der Waals surface area contributed by atoms with Crippen LogP contribution in [0.3, 0.4) is 0 Å². The Morgan fingerprint density at radius 3 is 2.94 bits per heavy atom. The van der Waals surface area contributed by atoms with E-state index < -0.39 is 0 Å². The molecule has 0 unspecified atom stereocenters. The van der Waals surface area contributed by atoms with Gasteiger partial charge >= 0.3 is 5.97 Å². The fraction of sp³-hybridized carbons (Fsp3) is 0.500. The maximum absolute atomic E-state index is 11.7. The van der Waals surface area contributed by atoms with E-state index in [-0.39, 0.29) is 5.97 Å². The lowest BCUT2D eigenvalue weighted by atomic mass is 10.2. The minimum atomic E-state index is -0.384. The van der Waals surface area contributed by atoms with Crippen LogP contribution in [0, 0.1) is 0 Å². The second-order valence-corrected chi connectivity index (χ2v) is 5.14. The number of nitrogen functional groups attached to an aromatic ring is 1. The number of carbonyl (C=O) groups excluding carboxylic acids is 1. The van der Waals surface area contributed by atoms with Crippen molar-refractivity contribution in [1.82, 2.24) is 4.98 Å². The van der Waals surface area contributed by atoms with Gasteiger partial charge in [0.15, 0.2) is 5.82 Å². The third-order valence-electron chi connectivity index (χ3n) is 2.78. The van der Waals surface area contributed by atoms with Gasteiger partial charge in [0.25, 0.3) is 0 Å². The second-order valence-electron chi connectivity index (χ2n) is 3.92. The molecule has 5 nitrogen and oxygen atoms in total. The van der Waals surface area contributed by atoms with E-state index in [0.717, 1.165) is 24.6 Å². The molecular weight excluding hydrogens is 250 g/mol. The van der Waals surface area contributed by atoms with Crippen molar-refractivity contribution in [3.05, 3.63) is 17.8 Å². The van der Waals surface area contributed by atoms with Crippen LogP contribution in [-0.4, -0.2) is 42.2 Å². The van der Waals surface area contributed by atoms with Gasteiger partial charge in [-0.25, -0.2) is 9.78 Å². The molecule has 18 heavy (non-hydrogen) atoms. The molecule has 0 amide bonds. The van der Waals surface area contributed by atoms with Crippen LogP contribution in [0.1, 0.15) is 17.3 Å². The Hall–Kier alpha value is -1.43. The van der Waals surface area contributed by atoms with Gasteiger partial charge in [-0.1, -0.05) is 0 Å². The standard InChI is InChI=1S/C12H17N3O2S/c1-2-17-12(16)9-3-4-14-11(10(9)13)15-5-7-18-8-6-15/h3-4H,2,5-8,13H2,1H3. The maximum atomic E-state index is 11.7. The Balaban J connectivity index is 2.26. The first-order chi connectivity index (χ1) is 8.74. The van der Waals surface area contributed by atoms with Crippen molar-refractivity contribution in [3.63, 3.8) is 0 Å². The molecule has 1 aliphatic heterocycles. The summed E-state index contributed by atoms with van der Waals surface area (Å²) in [5.41, 5.74) is 6.86. The van der Waals surface area contributed by atoms with Gasteiger partial charge in [0, 0.05) is 30.8 Å². The molecule has 0 aliphatic carbocycles. The molecule has 2 rings (SSSR count). The zero-order valence-corrected chi connectivity index (χ0v) is 11.2. The predicted molar refractivity (Wildman–Crippen MR) is 74.1 cm³/mol. The largest absolute Gasteiger partial charge is 0.462 e. The molecule has 1 aromatic heterocycles. The van der Waals surface area contributed by atoms with Crippen molar-refractivity contribution < 1.29 is 9.53 Å². The number of hydrogen-bond donors (Lipinski definition) is 1. The Kier molecular flexibility index (Phi) is 4.30. The predicted octanol–water partition coefficient (Wildman–Crippen LogP) is 1.39. The summed E-state index contributed by atoms with van der Waals surface area (Å²) in [7, 11) is 0. The Morgan fingerprint density at radius 2 is 2.28 bits per heavy atom. The molecule has 0 aromatic carbocycles. The quantitative estimate of drug-likeness (QED) is 0.835. The highest BCUT2D eigenvalue weighted by atomic mass is 32.2. The molecule has 1 fully saturated rings. The molecule has 2 heterocycles. The number of rotatable bonds is 3. The summed E-state index contributed by atoms with van der Waals surface area (Å²) in [5, 5.41) is 0. The highest BCUT2D eigenvalue weighted by molar-refractivity contribution is 7.99. The molecule has 6 heteroatoms. The van der Waals surface area contributed by atoms with Gasteiger partial charge < -0.3 is 15.4 Å². The minimum absolute atomic E-state index is 0.344.